The number of alkyl halides is 1. The number of nitrogens with zero attached hydrogens (tertiary/aromatic N) is 2. The molecule has 0 amide bonds. The molecular weight excluding hydrogens is 529 g/mol. The van der Waals surface area contributed by atoms with Crippen LogP contribution in [0.2, 0.25) is 0 Å². The van der Waals surface area contributed by atoms with E-state index >= 15 is 0 Å². The van der Waals surface area contributed by atoms with Crippen molar-refractivity contribution < 1.29 is 20.7 Å². The van der Waals surface area contributed by atoms with Crippen molar-refractivity contribution in [2.75, 3.05) is 32.1 Å². The van der Waals surface area contributed by atoms with E-state index in [0.29, 0.717) is 20.7 Å². The van der Waals surface area contributed by atoms with Crippen LogP contribution in [0.3, 0.4) is 0 Å². The van der Waals surface area contributed by atoms with Crippen LogP contribution in [-0.4, -0.2) is 46.2 Å². The quantitative estimate of drug-likeness (QED) is 0.0909. The first-order chi connectivity index (χ1) is 12.6. The van der Waals surface area contributed by atoms with Crippen LogP contribution in [0.1, 0.15) is 38.8 Å². The second-order valence-electron chi connectivity index (χ2n) is 5.60. The molecule has 0 aliphatic heterocycles. The molecule has 8 heteroatoms. The summed E-state index contributed by atoms with van der Waals surface area (Å²) in [5.74, 6) is 1.21. The maximum atomic E-state index is 5.51. The zero-order valence-corrected chi connectivity index (χ0v) is 22.9. The van der Waals surface area contributed by atoms with Crippen molar-refractivity contribution in [2.24, 2.45) is 0 Å². The van der Waals surface area contributed by atoms with Crippen molar-refractivity contribution in [3.63, 3.8) is 0 Å². The molecule has 0 aliphatic carbocycles. The summed E-state index contributed by atoms with van der Waals surface area (Å²) < 4.78 is 2.37. The Morgan fingerprint density at radius 3 is 2.19 bits per heavy atom. The van der Waals surface area contributed by atoms with Crippen molar-refractivity contribution in [3.05, 3.63) is 35.4 Å². The van der Waals surface area contributed by atoms with Crippen LogP contribution in [0.15, 0.2) is 24.3 Å². The molecule has 2 atom stereocenters. The number of thiocarbonyl (C=S) groups is 1. The van der Waals surface area contributed by atoms with E-state index < -0.39 is 0 Å². The first-order valence-corrected chi connectivity index (χ1v) is 19.6. The third-order valence-corrected chi connectivity index (χ3v) is 17.0. The van der Waals surface area contributed by atoms with E-state index in [1.54, 1.807) is 0 Å². The van der Waals surface area contributed by atoms with Crippen LogP contribution >= 0.6 is 48.2 Å². The third-order valence-electron chi connectivity index (χ3n) is 3.95. The Morgan fingerprint density at radius 2 is 1.62 bits per heavy atom. The van der Waals surface area contributed by atoms with Crippen LogP contribution in [0.4, 0.5) is 0 Å². The van der Waals surface area contributed by atoms with E-state index in [1.807, 2.05) is 11.4 Å². The molecule has 150 valence electrons. The van der Waals surface area contributed by atoms with E-state index in [-0.39, 0.29) is 0 Å². The summed E-state index contributed by atoms with van der Waals surface area (Å²) >= 11 is 9.79. The Morgan fingerprint density at radius 1 is 1.00 bits per heavy atom. The van der Waals surface area contributed by atoms with Crippen molar-refractivity contribution in [3.8, 4) is 0 Å². The summed E-state index contributed by atoms with van der Waals surface area (Å²) in [5.41, 5.74) is 4.08. The van der Waals surface area contributed by atoms with Gasteiger partial charge >= 0.3 is 189 Å². The fraction of sp³-hybridized carbons (Fsp3) is 0.611. The fourth-order valence-corrected chi connectivity index (χ4v) is 13.8. The van der Waals surface area contributed by atoms with Gasteiger partial charge in [-0.05, 0) is 0 Å². The minimum absolute atomic E-state index is 0.301. The molecule has 0 aromatic heterocycles. The fourth-order valence-electron chi connectivity index (χ4n) is 2.14. The van der Waals surface area contributed by atoms with E-state index in [2.05, 4.69) is 73.1 Å². The topological polar surface area (TPSA) is 6.48 Å². The molecule has 0 fully saturated rings. The van der Waals surface area contributed by atoms with Gasteiger partial charge in [0.05, 0.1) is 0 Å². The molecule has 0 saturated carbocycles. The predicted molar refractivity (Wildman–Crippen MR) is 129 cm³/mol. The summed E-state index contributed by atoms with van der Waals surface area (Å²) in [4.78, 5) is 4.76. The Kier molecular flexibility index (Phi) is 15.8. The number of hydrogen-bond acceptors (Lipinski definition) is 4. The monoisotopic (exact) mass is 561 g/mol. The zero-order chi connectivity index (χ0) is 19.2. The second-order valence-corrected chi connectivity index (χ2v) is 18.3. The number of hydrogen-bond donors (Lipinski definition) is 0. The van der Waals surface area contributed by atoms with Crippen molar-refractivity contribution >= 4 is 52.5 Å². The molecule has 0 saturated heterocycles. The number of benzene rings is 1. The van der Waals surface area contributed by atoms with Crippen LogP contribution in [0, 0.1) is 0 Å². The van der Waals surface area contributed by atoms with Gasteiger partial charge in [0.1, 0.15) is 0 Å². The van der Waals surface area contributed by atoms with Crippen molar-refractivity contribution in [1.82, 2.24) is 9.80 Å². The SMILES string of the molecule is CCN(CC)CSP[I-]Cc1ccc(CPSC(=S)N(CC)CC)cc1. The standard InChI is InChI=1S/C18H32IN2P2S3/c1-5-20(6-2)15-25-23-19-13-16-9-11-17(12-10-16)14-22-26-18(24)21(7-3)8-4/h9-12,22-23H,5-8,13-15H2,1-4H3/q-1. The molecule has 0 N–H and O–H groups in total. The van der Waals surface area contributed by atoms with Gasteiger partial charge in [-0.1, -0.05) is 0 Å². The molecule has 2 unspecified atom stereocenters. The number of halogens is 1. The molecule has 0 radical (unpaired) electrons. The number of rotatable bonds is 13. The predicted octanol–water partition coefficient (Wildman–Crippen LogP) is 3.27. The van der Waals surface area contributed by atoms with E-state index in [1.165, 1.54) is 34.5 Å². The summed E-state index contributed by atoms with van der Waals surface area (Å²) in [7, 11) is 0.818. The molecule has 0 aliphatic rings. The van der Waals surface area contributed by atoms with Gasteiger partial charge in [-0.3, -0.25) is 0 Å². The van der Waals surface area contributed by atoms with Crippen LogP contribution in [0.5, 0.6) is 0 Å². The van der Waals surface area contributed by atoms with Crippen molar-refractivity contribution in [2.45, 2.75) is 38.3 Å². The molecular formula is C18H32IN2P2S3-. The minimum atomic E-state index is 0.301. The van der Waals surface area contributed by atoms with Gasteiger partial charge in [-0.2, -0.15) is 0 Å². The van der Waals surface area contributed by atoms with Gasteiger partial charge in [0.25, 0.3) is 0 Å². The zero-order valence-electron chi connectivity index (χ0n) is 16.3. The Hall–Kier alpha value is 1.36. The third kappa shape index (κ3) is 10.8. The Labute approximate surface area is 187 Å². The van der Waals surface area contributed by atoms with Gasteiger partial charge in [-0.25, -0.2) is 0 Å². The van der Waals surface area contributed by atoms with Gasteiger partial charge in [-0.15, -0.1) is 0 Å². The van der Waals surface area contributed by atoms with E-state index in [4.69, 9.17) is 12.2 Å². The maximum absolute atomic E-state index is 5.51. The van der Waals surface area contributed by atoms with Crippen LogP contribution in [-0.2, 0) is 10.6 Å². The molecule has 1 aromatic carbocycles. The summed E-state index contributed by atoms with van der Waals surface area (Å²) in [6, 6.07) is 9.32. The molecule has 26 heavy (non-hydrogen) atoms. The van der Waals surface area contributed by atoms with Crippen LogP contribution in [0.25, 0.3) is 0 Å². The first-order valence-electron chi connectivity index (χ1n) is 9.08. The summed E-state index contributed by atoms with van der Waals surface area (Å²) in [6.45, 7) is 13.2. The summed E-state index contributed by atoms with van der Waals surface area (Å²) in [5, 5.41) is 0. The molecule has 0 heterocycles. The summed E-state index contributed by atoms with van der Waals surface area (Å²) in [6.07, 6.45) is 1.13. The molecule has 2 nitrogen and oxygen atoms in total. The van der Waals surface area contributed by atoms with Crippen molar-refractivity contribution in [1.29, 1.82) is 0 Å². The molecule has 1 rings (SSSR count). The molecule has 0 spiro atoms. The Balaban J connectivity index is 2.22. The van der Waals surface area contributed by atoms with E-state index in [0.717, 1.165) is 36.8 Å². The van der Waals surface area contributed by atoms with E-state index in [9.17, 15) is 0 Å². The average molecular weight is 562 g/mol. The first kappa shape index (κ1) is 25.4. The molecule has 1 aromatic rings. The van der Waals surface area contributed by atoms with Gasteiger partial charge in [0.2, 0.25) is 0 Å². The van der Waals surface area contributed by atoms with Gasteiger partial charge in [0.15, 0.2) is 0 Å². The Bertz CT molecular complexity index is 498. The normalized spacial score (nSPS) is 12.2. The second kappa shape index (κ2) is 16.2. The van der Waals surface area contributed by atoms with Gasteiger partial charge < -0.3 is 0 Å². The van der Waals surface area contributed by atoms with Crippen LogP contribution < -0.4 is 20.7 Å². The molecule has 0 bridgehead atoms. The van der Waals surface area contributed by atoms with Gasteiger partial charge in [0, 0.05) is 0 Å². The average Bonchev–Trinajstić information content (AvgIpc) is 2.67.